The van der Waals surface area contributed by atoms with Crippen LogP contribution in [-0.4, -0.2) is 81.8 Å². The number of nitrogens with one attached hydrogen (secondary N) is 2. The van der Waals surface area contributed by atoms with Gasteiger partial charge in [-0.3, -0.25) is 24.5 Å². The molecule has 1 aliphatic heterocycles. The maximum Gasteiger partial charge on any atom is 0.280 e. The van der Waals surface area contributed by atoms with E-state index in [2.05, 4.69) is 53.7 Å². The van der Waals surface area contributed by atoms with Crippen molar-refractivity contribution >= 4 is 31.5 Å². The molecule has 5 aromatic rings. The van der Waals surface area contributed by atoms with E-state index in [1.807, 2.05) is 85.8 Å². The largest absolute Gasteiger partial charge is 0.497 e. The van der Waals surface area contributed by atoms with Gasteiger partial charge in [0.1, 0.15) is 23.2 Å². The maximum absolute atomic E-state index is 13.5. The van der Waals surface area contributed by atoms with Gasteiger partial charge in [0, 0.05) is 23.9 Å². The van der Waals surface area contributed by atoms with Gasteiger partial charge >= 0.3 is 0 Å². The van der Waals surface area contributed by atoms with Gasteiger partial charge in [0.25, 0.3) is 14.1 Å². The zero-order valence-electron chi connectivity index (χ0n) is 36.2. The van der Waals surface area contributed by atoms with Gasteiger partial charge in [-0.15, -0.1) is 0 Å². The van der Waals surface area contributed by atoms with E-state index in [0.717, 1.165) is 16.7 Å². The van der Waals surface area contributed by atoms with Crippen molar-refractivity contribution in [1.29, 1.82) is 5.26 Å². The molecule has 16 heteroatoms. The summed E-state index contributed by atoms with van der Waals surface area (Å²) in [6, 6.07) is 27.9. The van der Waals surface area contributed by atoms with Crippen LogP contribution in [0.3, 0.4) is 0 Å². The Morgan fingerprint density at radius 2 is 1.52 bits per heavy atom. The number of H-pyrrole nitrogens is 1. The van der Waals surface area contributed by atoms with Crippen molar-refractivity contribution in [3.05, 3.63) is 112 Å². The van der Waals surface area contributed by atoms with Crippen LogP contribution in [-0.2, 0) is 28.9 Å². The number of aromatic nitrogens is 4. The Kier molecular flexibility index (Phi) is 14.9. The minimum atomic E-state index is -1.60. The molecule has 0 radical (unpaired) electrons. The molecule has 3 aromatic carbocycles. The molecule has 2 N–H and O–H groups in total. The van der Waals surface area contributed by atoms with Crippen molar-refractivity contribution < 1.29 is 32.8 Å². The quantitative estimate of drug-likeness (QED) is 0.0467. The molecule has 3 heterocycles. The first-order valence-electron chi connectivity index (χ1n) is 20.5. The molecule has 0 aliphatic carbocycles. The fourth-order valence-corrected chi connectivity index (χ4v) is 9.17. The number of hydrogen-bond acceptors (Lipinski definition) is 12. The molecule has 5 atom stereocenters. The first kappa shape index (κ1) is 45.3. The number of benzene rings is 3. The number of anilines is 1. The average molecular weight is 854 g/mol. The van der Waals surface area contributed by atoms with E-state index in [9.17, 15) is 14.9 Å². The van der Waals surface area contributed by atoms with Crippen molar-refractivity contribution in [2.45, 2.75) is 91.0 Å². The van der Waals surface area contributed by atoms with E-state index in [1.54, 1.807) is 32.6 Å². The second-order valence-corrected chi connectivity index (χ2v) is 17.2. The Morgan fingerprint density at radius 1 is 0.934 bits per heavy atom. The lowest BCUT2D eigenvalue weighted by molar-refractivity contribution is -0.118. The number of nitriles is 1. The van der Waals surface area contributed by atoms with Gasteiger partial charge in [-0.2, -0.15) is 10.2 Å². The van der Waals surface area contributed by atoms with Crippen LogP contribution < -0.4 is 20.3 Å². The van der Waals surface area contributed by atoms with Gasteiger partial charge < -0.3 is 28.0 Å². The van der Waals surface area contributed by atoms with Crippen LogP contribution in [0.15, 0.2) is 90.0 Å². The summed E-state index contributed by atoms with van der Waals surface area (Å²) in [5.74, 6) is 0.322. The molecule has 15 nitrogen and oxygen atoms in total. The van der Waals surface area contributed by atoms with E-state index in [4.69, 9.17) is 33.0 Å². The molecule has 61 heavy (non-hydrogen) atoms. The lowest BCUT2D eigenvalue weighted by Crippen LogP contribution is -2.41. The van der Waals surface area contributed by atoms with Crippen LogP contribution >= 0.6 is 8.53 Å². The second-order valence-electron chi connectivity index (χ2n) is 15.7. The topological polar surface area (TPSA) is 175 Å². The molecule has 324 valence electrons. The molecule has 0 bridgehead atoms. The van der Waals surface area contributed by atoms with Gasteiger partial charge in [-0.05, 0) is 68.7 Å². The highest BCUT2D eigenvalue weighted by atomic mass is 31.2. The summed E-state index contributed by atoms with van der Waals surface area (Å²) in [6.07, 6.45) is -0.492. The van der Waals surface area contributed by atoms with Crippen LogP contribution in [0.4, 0.5) is 5.95 Å². The summed E-state index contributed by atoms with van der Waals surface area (Å²) in [6.45, 7) is 14.2. The molecule has 1 aliphatic rings. The molecule has 6 rings (SSSR count). The molecule has 1 amide bonds. The van der Waals surface area contributed by atoms with E-state index >= 15 is 0 Å². The number of carbonyl (C=O) groups is 1. The lowest BCUT2D eigenvalue weighted by atomic mass is 9.79. The number of hydrogen-bond donors (Lipinski definition) is 2. The zero-order valence-corrected chi connectivity index (χ0v) is 37.1. The number of fused-ring (bicyclic) bond motifs is 1. The summed E-state index contributed by atoms with van der Waals surface area (Å²) in [7, 11) is 1.65. The van der Waals surface area contributed by atoms with Gasteiger partial charge in [0.05, 0.1) is 52.4 Å². The fraction of sp³-hybridized carbons (Fsp3) is 0.444. The Labute approximate surface area is 358 Å². The third-order valence-electron chi connectivity index (χ3n) is 10.7. The first-order valence-corrected chi connectivity index (χ1v) is 21.6. The molecule has 2 aromatic heterocycles. The third-order valence-corrected chi connectivity index (χ3v) is 12.7. The van der Waals surface area contributed by atoms with Crippen molar-refractivity contribution in [3.8, 4) is 17.6 Å². The van der Waals surface area contributed by atoms with Crippen molar-refractivity contribution in [3.63, 3.8) is 0 Å². The number of amides is 1. The van der Waals surface area contributed by atoms with E-state index < -0.39 is 38.1 Å². The predicted molar refractivity (Wildman–Crippen MR) is 233 cm³/mol. The molecule has 1 unspecified atom stereocenters. The molecule has 1 saturated heterocycles. The zero-order chi connectivity index (χ0) is 43.8. The van der Waals surface area contributed by atoms with Crippen molar-refractivity contribution in [2.24, 2.45) is 11.8 Å². The summed E-state index contributed by atoms with van der Waals surface area (Å²) in [5, 5.41) is 12.0. The number of carbonyl (C=O) groups excluding carboxylic acids is 1. The van der Waals surface area contributed by atoms with Crippen LogP contribution in [0, 0.1) is 23.2 Å². The predicted octanol–water partition coefficient (Wildman–Crippen LogP) is 7.93. The van der Waals surface area contributed by atoms with Crippen LogP contribution in [0.25, 0.3) is 11.2 Å². The second kappa shape index (κ2) is 20.1. The van der Waals surface area contributed by atoms with Gasteiger partial charge in [-0.1, -0.05) is 75.4 Å². The van der Waals surface area contributed by atoms with Crippen LogP contribution in [0.1, 0.15) is 77.8 Å². The van der Waals surface area contributed by atoms with Gasteiger partial charge in [-0.25, -0.2) is 9.65 Å². The summed E-state index contributed by atoms with van der Waals surface area (Å²) < 4.78 is 42.7. The molecule has 0 spiro atoms. The van der Waals surface area contributed by atoms with Gasteiger partial charge in [0.2, 0.25) is 11.9 Å². The van der Waals surface area contributed by atoms with Crippen molar-refractivity contribution in [2.75, 3.05) is 32.8 Å². The highest BCUT2D eigenvalue weighted by molar-refractivity contribution is 7.44. The van der Waals surface area contributed by atoms with Crippen molar-refractivity contribution in [1.82, 2.24) is 24.2 Å². The Bertz CT molecular complexity index is 2260. The molecular formula is C45H56N7O8P. The summed E-state index contributed by atoms with van der Waals surface area (Å²) in [4.78, 5) is 38.1. The minimum absolute atomic E-state index is 0.0148. The van der Waals surface area contributed by atoms with Crippen LogP contribution in [0.2, 0.25) is 0 Å². The highest BCUT2D eigenvalue weighted by Gasteiger charge is 2.51. The standard InChI is InChI=1S/C45H56N7O8P/c1-28(2)41(53)49-44-48-40-38(42(54)50-44)47-27-51(40)43-39(31(7)37(59-43)26-58-61(57-25-13-24-46)52(29(3)4)30(5)6)60-45(32-14-11-10-12-15-32,33-16-20-35(55-8)21-17-33)34-18-22-36(56-9)23-19-34/h10-12,14-23,27-31,37,39,43H,13,25-26H2,1-9H3,(H2,48,49,50,53,54)/t31-,37-,39-,43-,61?/m1/s1. The third kappa shape index (κ3) is 9.81. The number of aromatic amines is 1. The number of methoxy groups -OCH3 is 2. The molecule has 0 saturated carbocycles. The minimum Gasteiger partial charge on any atom is -0.497 e. The molecule has 1 fully saturated rings. The monoisotopic (exact) mass is 853 g/mol. The number of imidazole rings is 1. The average Bonchev–Trinajstić information content (AvgIpc) is 3.81. The Hall–Kier alpha value is -5.20. The SMILES string of the molecule is COc1ccc(C(O[C@@H]2[C@H](C)[C@@H](COP(OCCC#N)N(C(C)C)C(C)C)O[C@H]2n2cnc3c(=O)[nH]c(NC(=O)C(C)C)nc32)(c2ccccc2)c2ccc(OC)cc2)cc1. The first-order chi connectivity index (χ1) is 29.3. The normalized spacial score (nSPS) is 18.6. The van der Waals surface area contributed by atoms with E-state index in [-0.39, 0.29) is 66.6 Å². The fourth-order valence-electron chi connectivity index (χ4n) is 7.55. The van der Waals surface area contributed by atoms with Crippen LogP contribution in [0.5, 0.6) is 11.5 Å². The summed E-state index contributed by atoms with van der Waals surface area (Å²) in [5.41, 5.74) is 0.976. The number of rotatable bonds is 19. The smallest absolute Gasteiger partial charge is 0.280 e. The highest BCUT2D eigenvalue weighted by Crippen LogP contribution is 2.50. The maximum atomic E-state index is 13.5. The molecular weight excluding hydrogens is 798 g/mol. The Balaban J connectivity index is 1.52. The van der Waals surface area contributed by atoms with E-state index in [0.29, 0.717) is 11.5 Å². The number of nitrogens with zero attached hydrogens (tertiary/aromatic N) is 5. The van der Waals surface area contributed by atoms with Gasteiger partial charge in [0.15, 0.2) is 17.4 Å². The van der Waals surface area contributed by atoms with E-state index in [1.165, 1.54) is 6.33 Å². The lowest BCUT2D eigenvalue weighted by Gasteiger charge is -2.40. The number of ether oxygens (including phenoxy) is 4. The summed E-state index contributed by atoms with van der Waals surface area (Å²) >= 11 is 0. The Morgan fingerprint density at radius 3 is 2.07 bits per heavy atom.